The summed E-state index contributed by atoms with van der Waals surface area (Å²) >= 11 is 0. The number of benzene rings is 8. The number of rotatable bonds is 5. The van der Waals surface area contributed by atoms with Crippen LogP contribution in [0.4, 0.5) is 0 Å². The van der Waals surface area contributed by atoms with Crippen molar-refractivity contribution in [3.8, 4) is 45.0 Å². The second-order valence-electron chi connectivity index (χ2n) is 14.4. The minimum Gasteiger partial charge on any atom is -0.456 e. The van der Waals surface area contributed by atoms with E-state index in [9.17, 15) is 0 Å². The molecule has 11 rings (SSSR count). The van der Waals surface area contributed by atoms with Crippen LogP contribution in [0.5, 0.6) is 0 Å². The molecule has 2 aromatic heterocycles. The van der Waals surface area contributed by atoms with E-state index in [-0.39, 0.29) is 5.92 Å². The monoisotopic (exact) mass is 703 g/mol. The first-order valence-corrected chi connectivity index (χ1v) is 18.8. The standard InChI is InChI=1S/C51H33N3O/c1-2-9-32(10-3-1)33-17-22-36(23-18-33)49-52-50(54-51(53-49)40-27-28-43-37(29-40)25-21-35-11-4-5-12-42(35)43)39-26-20-34-19-24-38(30-41(34)31-39)44-14-8-16-47-48(44)45-13-6-7-15-46(45)55-47/h1-30,39H,31H2. The number of nitrogens with zero attached hydrogens (tertiary/aromatic N) is 3. The summed E-state index contributed by atoms with van der Waals surface area (Å²) in [4.78, 5) is 15.5. The van der Waals surface area contributed by atoms with Gasteiger partial charge in [-0.25, -0.2) is 15.0 Å². The lowest BCUT2D eigenvalue weighted by Crippen LogP contribution is -2.12. The Balaban J connectivity index is 1.01. The minimum atomic E-state index is -0.0261. The molecule has 258 valence electrons. The summed E-state index contributed by atoms with van der Waals surface area (Å²) in [5.41, 5.74) is 10.9. The van der Waals surface area contributed by atoms with E-state index in [4.69, 9.17) is 19.4 Å². The van der Waals surface area contributed by atoms with Gasteiger partial charge in [0.1, 0.15) is 17.0 Å². The molecule has 0 saturated heterocycles. The summed E-state index contributed by atoms with van der Waals surface area (Å²) in [5, 5.41) is 7.13. The number of hydrogen-bond donors (Lipinski definition) is 0. The Morgan fingerprint density at radius 2 is 1.13 bits per heavy atom. The number of hydrogen-bond acceptors (Lipinski definition) is 4. The third-order valence-corrected chi connectivity index (χ3v) is 11.0. The van der Waals surface area contributed by atoms with E-state index in [1.54, 1.807) is 0 Å². The van der Waals surface area contributed by atoms with Crippen molar-refractivity contribution in [1.82, 2.24) is 15.0 Å². The predicted molar refractivity (Wildman–Crippen MR) is 226 cm³/mol. The Kier molecular flexibility index (Phi) is 7.27. The van der Waals surface area contributed by atoms with Crippen LogP contribution in [0.2, 0.25) is 0 Å². The summed E-state index contributed by atoms with van der Waals surface area (Å²) in [6.45, 7) is 0. The molecule has 55 heavy (non-hydrogen) atoms. The Labute approximate surface area is 318 Å². The lowest BCUT2D eigenvalue weighted by Gasteiger charge is -2.20. The molecule has 1 atom stereocenters. The van der Waals surface area contributed by atoms with Crippen LogP contribution < -0.4 is 0 Å². The predicted octanol–water partition coefficient (Wildman–Crippen LogP) is 13.1. The molecule has 0 amide bonds. The molecule has 0 N–H and O–H groups in total. The maximum absolute atomic E-state index is 6.24. The maximum atomic E-state index is 6.24. The molecule has 4 nitrogen and oxygen atoms in total. The van der Waals surface area contributed by atoms with Gasteiger partial charge in [0.25, 0.3) is 0 Å². The van der Waals surface area contributed by atoms with Crippen LogP contribution in [0.1, 0.15) is 22.9 Å². The summed E-state index contributed by atoms with van der Waals surface area (Å²) in [6.07, 6.45) is 5.25. The van der Waals surface area contributed by atoms with Crippen LogP contribution in [0.15, 0.2) is 180 Å². The number of fused-ring (bicyclic) bond motifs is 7. The van der Waals surface area contributed by atoms with Gasteiger partial charge >= 0.3 is 0 Å². The van der Waals surface area contributed by atoms with Crippen LogP contribution in [0.25, 0.3) is 94.6 Å². The van der Waals surface area contributed by atoms with E-state index < -0.39 is 0 Å². The van der Waals surface area contributed by atoms with Gasteiger partial charge in [0, 0.05) is 27.8 Å². The molecule has 0 radical (unpaired) electrons. The third-order valence-electron chi connectivity index (χ3n) is 11.0. The number of para-hydroxylation sites is 1. The fourth-order valence-corrected chi connectivity index (χ4v) is 8.24. The molecule has 8 aromatic carbocycles. The van der Waals surface area contributed by atoms with Gasteiger partial charge in [0.15, 0.2) is 11.6 Å². The van der Waals surface area contributed by atoms with Gasteiger partial charge < -0.3 is 4.42 Å². The van der Waals surface area contributed by atoms with E-state index in [0.29, 0.717) is 11.6 Å². The van der Waals surface area contributed by atoms with Crippen LogP contribution in [0.3, 0.4) is 0 Å². The highest BCUT2D eigenvalue weighted by molar-refractivity contribution is 6.12. The van der Waals surface area contributed by atoms with E-state index >= 15 is 0 Å². The van der Waals surface area contributed by atoms with Crippen LogP contribution in [-0.2, 0) is 6.42 Å². The Hall–Kier alpha value is -7.17. The highest BCUT2D eigenvalue weighted by atomic mass is 16.3. The summed E-state index contributed by atoms with van der Waals surface area (Å²) in [7, 11) is 0. The average Bonchev–Trinajstić information content (AvgIpc) is 3.65. The fourth-order valence-electron chi connectivity index (χ4n) is 8.24. The van der Waals surface area contributed by atoms with Crippen LogP contribution in [-0.4, -0.2) is 15.0 Å². The molecule has 1 aliphatic rings. The van der Waals surface area contributed by atoms with Gasteiger partial charge in [0.05, 0.1) is 0 Å². The molecule has 4 heteroatoms. The van der Waals surface area contributed by atoms with Gasteiger partial charge in [-0.2, -0.15) is 0 Å². The zero-order chi connectivity index (χ0) is 36.3. The van der Waals surface area contributed by atoms with E-state index in [1.165, 1.54) is 44.0 Å². The van der Waals surface area contributed by atoms with Gasteiger partial charge in [-0.3, -0.25) is 0 Å². The average molecular weight is 704 g/mol. The van der Waals surface area contributed by atoms with E-state index in [2.05, 4.69) is 164 Å². The van der Waals surface area contributed by atoms with Crippen molar-refractivity contribution in [2.45, 2.75) is 12.3 Å². The van der Waals surface area contributed by atoms with Crippen molar-refractivity contribution < 1.29 is 4.42 Å². The van der Waals surface area contributed by atoms with Crippen molar-refractivity contribution in [3.63, 3.8) is 0 Å². The van der Waals surface area contributed by atoms with Crippen molar-refractivity contribution >= 4 is 49.6 Å². The smallest absolute Gasteiger partial charge is 0.163 e. The fraction of sp³-hybridized carbons (Fsp3) is 0.0392. The molecule has 0 aliphatic heterocycles. The second kappa shape index (κ2) is 12.8. The summed E-state index contributed by atoms with van der Waals surface area (Å²) in [5.74, 6) is 2.08. The maximum Gasteiger partial charge on any atom is 0.163 e. The minimum absolute atomic E-state index is 0.0261. The highest BCUT2D eigenvalue weighted by Gasteiger charge is 2.23. The number of furan rings is 1. The summed E-state index contributed by atoms with van der Waals surface area (Å²) in [6, 6.07) is 59.9. The first-order valence-electron chi connectivity index (χ1n) is 18.8. The summed E-state index contributed by atoms with van der Waals surface area (Å²) < 4.78 is 6.24. The molecule has 0 fully saturated rings. The molecule has 2 heterocycles. The molecule has 10 aromatic rings. The largest absolute Gasteiger partial charge is 0.456 e. The Morgan fingerprint density at radius 1 is 0.455 bits per heavy atom. The van der Waals surface area contributed by atoms with Gasteiger partial charge in [-0.1, -0.05) is 164 Å². The van der Waals surface area contributed by atoms with Crippen molar-refractivity contribution in [3.05, 3.63) is 193 Å². The lowest BCUT2D eigenvalue weighted by molar-refractivity contribution is 0.669. The number of aromatic nitrogens is 3. The molecule has 1 unspecified atom stereocenters. The quantitative estimate of drug-likeness (QED) is 0.167. The molecule has 1 aliphatic carbocycles. The molecular formula is C51H33N3O. The van der Waals surface area contributed by atoms with Gasteiger partial charge in [-0.15, -0.1) is 0 Å². The lowest BCUT2D eigenvalue weighted by atomic mass is 9.86. The Morgan fingerprint density at radius 3 is 2.02 bits per heavy atom. The zero-order valence-electron chi connectivity index (χ0n) is 29.9. The third kappa shape index (κ3) is 5.50. The van der Waals surface area contributed by atoms with Crippen LogP contribution >= 0.6 is 0 Å². The SMILES string of the molecule is C1=CC(c2nc(-c3ccc(-c4ccccc4)cc3)nc(-c3ccc4c(ccc5ccccc54)c3)n2)Cc2cc(-c3cccc4oc5ccccc5c34)ccc21. The topological polar surface area (TPSA) is 51.8 Å². The molecule has 0 saturated carbocycles. The molecule has 0 bridgehead atoms. The number of allylic oxidation sites excluding steroid dienone is 1. The second-order valence-corrected chi connectivity index (χ2v) is 14.4. The van der Waals surface area contributed by atoms with Gasteiger partial charge in [0.2, 0.25) is 0 Å². The first kappa shape index (κ1) is 31.4. The highest BCUT2D eigenvalue weighted by Crippen LogP contribution is 2.39. The normalized spacial score (nSPS) is 13.9. The van der Waals surface area contributed by atoms with Crippen molar-refractivity contribution in [1.29, 1.82) is 0 Å². The van der Waals surface area contributed by atoms with E-state index in [1.807, 2.05) is 18.2 Å². The van der Waals surface area contributed by atoms with Crippen LogP contribution in [0, 0.1) is 0 Å². The molecule has 0 spiro atoms. The Bertz CT molecular complexity index is 3120. The first-order chi connectivity index (χ1) is 27.2. The van der Waals surface area contributed by atoms with Crippen molar-refractivity contribution in [2.24, 2.45) is 0 Å². The van der Waals surface area contributed by atoms with Crippen molar-refractivity contribution in [2.75, 3.05) is 0 Å². The molecular weight excluding hydrogens is 671 g/mol. The van der Waals surface area contributed by atoms with Gasteiger partial charge in [-0.05, 0) is 79.5 Å². The zero-order valence-corrected chi connectivity index (χ0v) is 29.9. The van der Waals surface area contributed by atoms with E-state index in [0.717, 1.165) is 56.3 Å².